The number of fused-ring (bicyclic) bond motifs is 4. The van der Waals surface area contributed by atoms with Gasteiger partial charge in [-0.15, -0.1) is 34.4 Å². The second-order valence-corrected chi connectivity index (χ2v) is 21.0. The smallest absolute Gasteiger partial charge is 0.164 e. The number of carbonyl (C=O) groups excluding carboxylic acids is 1. The number of allylic oxidation sites excluding steroid dienone is 2. The average molecular weight is 965 g/mol. The topological polar surface area (TPSA) is 41.2 Å². The summed E-state index contributed by atoms with van der Waals surface area (Å²) in [7, 11) is 4.48. The quantitative estimate of drug-likeness (QED) is 0.0692. The fourth-order valence-corrected chi connectivity index (χ4v) is 10.9. The molecule has 0 bridgehead atoms. The number of ketones is 1. The Kier molecular flexibility index (Phi) is 14.1. The molecule has 3 aromatic carbocycles. The first-order valence-electron chi connectivity index (χ1n) is 21.1. The van der Waals surface area contributed by atoms with Crippen molar-refractivity contribution in [2.45, 2.75) is 146 Å². The van der Waals surface area contributed by atoms with Crippen molar-refractivity contribution in [3.8, 4) is 11.3 Å². The number of aromatic nitrogens is 1. The van der Waals surface area contributed by atoms with Gasteiger partial charge in [0.1, 0.15) is 5.76 Å². The number of benzene rings is 3. The maximum Gasteiger partial charge on any atom is 0.164 e. The molecule has 6 rings (SSSR count). The van der Waals surface area contributed by atoms with E-state index in [0.717, 1.165) is 31.2 Å². The van der Waals surface area contributed by atoms with Gasteiger partial charge in [0.05, 0.1) is 11.9 Å². The van der Waals surface area contributed by atoms with Crippen molar-refractivity contribution < 1.29 is 34.6 Å². The molecule has 1 fully saturated rings. The molecule has 1 aliphatic rings. The van der Waals surface area contributed by atoms with Gasteiger partial charge in [-0.2, -0.15) is 12.5 Å². The molecular formula is C52H70IrNO2S-. The predicted molar refractivity (Wildman–Crippen MR) is 244 cm³/mol. The van der Waals surface area contributed by atoms with E-state index in [2.05, 4.69) is 128 Å². The van der Waals surface area contributed by atoms with Crippen molar-refractivity contribution in [3.05, 3.63) is 103 Å². The number of rotatable bonds is 9. The normalized spacial score (nSPS) is 16.3. The van der Waals surface area contributed by atoms with Crippen LogP contribution in [-0.4, -0.2) is 10.9 Å². The van der Waals surface area contributed by atoms with Crippen LogP contribution in [0.2, 0.25) is 0 Å². The summed E-state index contributed by atoms with van der Waals surface area (Å²) >= 11 is 1.96. The summed E-state index contributed by atoms with van der Waals surface area (Å²) in [4.78, 5) is 12.2. The maximum atomic E-state index is 12.2. The summed E-state index contributed by atoms with van der Waals surface area (Å²) in [5.41, 5.74) is 6.43. The maximum absolute atomic E-state index is 12.2. The number of aliphatic hydroxyl groups excluding tert-OH is 1. The molecule has 0 spiro atoms. The fraction of sp³-hybridized carbons (Fsp3) is 0.500. The molecule has 0 amide bonds. The Hall–Kier alpha value is -3.11. The first kappa shape index (κ1) is 46.6. The molecule has 5 heteroatoms. The number of hydrogen-bond acceptors (Lipinski definition) is 3. The SMILES string of the molecule is CCC(C)(CC)C(=O)/C=C(\O)C(C)(CC)CC.[CH2-]c1c(-c2c3sc4c(C5CC(C)(C)CC(C)(C)C5)cccc4c3cc[n+]2[CH2-])cc(C(C)(C)C)c2ccccc12.[Ir]. The summed E-state index contributed by atoms with van der Waals surface area (Å²) in [6.45, 7) is 33.5. The van der Waals surface area contributed by atoms with Crippen LogP contribution in [0.1, 0.15) is 158 Å². The molecule has 1 saturated carbocycles. The second-order valence-electron chi connectivity index (χ2n) is 20.0. The minimum absolute atomic E-state index is 0. The third kappa shape index (κ3) is 9.37. The van der Waals surface area contributed by atoms with E-state index in [-0.39, 0.29) is 47.9 Å². The summed E-state index contributed by atoms with van der Waals surface area (Å²) in [6.07, 6.45) is 10.7. The van der Waals surface area contributed by atoms with E-state index in [4.69, 9.17) is 0 Å². The van der Waals surface area contributed by atoms with Gasteiger partial charge in [0.25, 0.3) is 0 Å². The van der Waals surface area contributed by atoms with Crippen LogP contribution in [0.15, 0.2) is 72.6 Å². The third-order valence-electron chi connectivity index (χ3n) is 13.5. The molecule has 0 aliphatic heterocycles. The predicted octanol–water partition coefficient (Wildman–Crippen LogP) is 15.2. The summed E-state index contributed by atoms with van der Waals surface area (Å²) in [5.74, 6) is 0.862. The van der Waals surface area contributed by atoms with Crippen molar-refractivity contribution >= 4 is 48.1 Å². The van der Waals surface area contributed by atoms with Crippen molar-refractivity contribution in [2.24, 2.45) is 21.7 Å². The summed E-state index contributed by atoms with van der Waals surface area (Å²) in [5, 5.41) is 15.4. The van der Waals surface area contributed by atoms with E-state index >= 15 is 0 Å². The first-order valence-corrected chi connectivity index (χ1v) is 21.9. The Morgan fingerprint density at radius 2 is 1.33 bits per heavy atom. The summed E-state index contributed by atoms with van der Waals surface area (Å²) < 4.78 is 4.82. The fourth-order valence-electron chi connectivity index (χ4n) is 9.49. The van der Waals surface area contributed by atoms with Crippen molar-refractivity contribution in [1.29, 1.82) is 0 Å². The molecule has 311 valence electrons. The van der Waals surface area contributed by atoms with Gasteiger partial charge in [0, 0.05) is 53.5 Å². The Morgan fingerprint density at radius 1 is 0.807 bits per heavy atom. The van der Waals surface area contributed by atoms with Gasteiger partial charge in [-0.3, -0.25) is 4.79 Å². The number of thiophene rings is 1. The van der Waals surface area contributed by atoms with Gasteiger partial charge in [-0.1, -0.05) is 137 Å². The van der Waals surface area contributed by atoms with E-state index in [1.807, 2.05) is 52.9 Å². The van der Waals surface area contributed by atoms with Crippen LogP contribution in [0.25, 0.3) is 42.2 Å². The van der Waals surface area contributed by atoms with Gasteiger partial charge in [-0.25, -0.2) is 0 Å². The zero-order chi connectivity index (χ0) is 41.6. The van der Waals surface area contributed by atoms with Gasteiger partial charge >= 0.3 is 0 Å². The second kappa shape index (κ2) is 17.2. The van der Waals surface area contributed by atoms with Gasteiger partial charge in [0.15, 0.2) is 5.78 Å². The molecule has 3 nitrogen and oxygen atoms in total. The molecular weight excluding hydrogens is 895 g/mol. The zero-order valence-corrected chi connectivity index (χ0v) is 40.5. The van der Waals surface area contributed by atoms with E-state index in [0.29, 0.717) is 16.7 Å². The Balaban J connectivity index is 0.000000341. The van der Waals surface area contributed by atoms with Crippen LogP contribution in [0.3, 0.4) is 0 Å². The monoisotopic (exact) mass is 965 g/mol. The molecule has 1 radical (unpaired) electrons. The molecule has 5 aromatic rings. The third-order valence-corrected chi connectivity index (χ3v) is 14.8. The molecule has 1 aliphatic carbocycles. The number of hydrogen-bond donors (Lipinski definition) is 1. The zero-order valence-electron chi connectivity index (χ0n) is 37.3. The number of aliphatic hydroxyl groups is 1. The number of nitrogens with zero attached hydrogens (tertiary/aromatic N) is 1. The van der Waals surface area contributed by atoms with E-state index in [9.17, 15) is 9.90 Å². The van der Waals surface area contributed by atoms with E-state index in [1.54, 1.807) is 0 Å². The largest absolute Gasteiger partial charge is 0.512 e. The van der Waals surface area contributed by atoms with Crippen LogP contribution < -0.4 is 4.57 Å². The van der Waals surface area contributed by atoms with Crippen molar-refractivity contribution in [2.75, 3.05) is 0 Å². The standard InChI is InChI=1S/C37H42NS.C15H28O2.Ir/c1-23-25-13-10-11-14-27(25)31(35(2,3)4)19-30(23)32-34-29(17-18-38(32)9)28-16-12-15-26(33(28)39-34)24-20-36(5,6)22-37(7,8)21-24;1-7-14(5,8-2)12(16)11-13(17)15(6,9-3)10-4;/h10-19,24H,1,9,20-22H2,2-8H3;11,16H,7-10H2,1-6H3;/q-1;;/b;12-11-;. The average Bonchev–Trinajstić information content (AvgIpc) is 3.52. The van der Waals surface area contributed by atoms with Gasteiger partial charge < -0.3 is 9.67 Å². The van der Waals surface area contributed by atoms with E-state index < -0.39 is 0 Å². The van der Waals surface area contributed by atoms with E-state index in [1.165, 1.54) is 78.7 Å². The number of carbonyl (C=O) groups is 1. The minimum atomic E-state index is -0.337. The van der Waals surface area contributed by atoms with Crippen molar-refractivity contribution in [3.63, 3.8) is 0 Å². The van der Waals surface area contributed by atoms with Gasteiger partial charge in [0.2, 0.25) is 0 Å². The molecule has 2 heterocycles. The Bertz CT molecular complexity index is 2240. The van der Waals surface area contributed by atoms with Crippen LogP contribution in [0, 0.1) is 35.6 Å². The van der Waals surface area contributed by atoms with Crippen LogP contribution in [-0.2, 0) is 30.3 Å². The Morgan fingerprint density at radius 3 is 1.88 bits per heavy atom. The summed E-state index contributed by atoms with van der Waals surface area (Å²) in [6, 6.07) is 20.4. The van der Waals surface area contributed by atoms with Crippen LogP contribution in [0.5, 0.6) is 0 Å². The molecule has 57 heavy (non-hydrogen) atoms. The first-order chi connectivity index (χ1) is 26.0. The molecule has 0 atom stereocenters. The van der Waals surface area contributed by atoms with Crippen molar-refractivity contribution in [1.82, 2.24) is 0 Å². The minimum Gasteiger partial charge on any atom is -0.512 e. The Labute approximate surface area is 363 Å². The molecule has 0 unspecified atom stereocenters. The molecule has 2 aromatic heterocycles. The molecule has 0 saturated heterocycles. The van der Waals surface area contributed by atoms with Gasteiger partial charge in [-0.05, 0) is 89.5 Å². The van der Waals surface area contributed by atoms with Crippen LogP contribution >= 0.6 is 11.3 Å². The molecule has 1 N–H and O–H groups in total. The number of pyridine rings is 1. The van der Waals surface area contributed by atoms with Crippen LogP contribution in [0.4, 0.5) is 0 Å².